The minimum Gasteiger partial charge on any atom is -0.382 e. The summed E-state index contributed by atoms with van der Waals surface area (Å²) in [7, 11) is 1.65. The Bertz CT molecular complexity index is 84.4. The zero-order valence-corrected chi connectivity index (χ0v) is 5.79. The molecule has 0 amide bonds. The van der Waals surface area contributed by atoms with Crippen LogP contribution in [-0.2, 0) is 14.2 Å². The minimum absolute atomic E-state index is 0.0418. The Labute approximate surface area is 54.9 Å². The minimum atomic E-state index is 0.0418. The highest BCUT2D eigenvalue weighted by molar-refractivity contribution is 4.69. The van der Waals surface area contributed by atoms with Crippen LogP contribution in [0.2, 0.25) is 0 Å². The molecule has 0 radical (unpaired) electrons. The summed E-state index contributed by atoms with van der Waals surface area (Å²) in [5, 5.41) is 0. The fourth-order valence-corrected chi connectivity index (χ4v) is 0.589. The lowest BCUT2D eigenvalue weighted by Gasteiger charge is -1.96. The maximum absolute atomic E-state index is 5.16. The summed E-state index contributed by atoms with van der Waals surface area (Å²) in [5.41, 5.74) is 0. The number of rotatable bonds is 4. The normalized spacial score (nSPS) is 32.7. The van der Waals surface area contributed by atoms with Crippen LogP contribution in [0.15, 0.2) is 0 Å². The number of ether oxygens (including phenoxy) is 3. The number of epoxide rings is 1. The van der Waals surface area contributed by atoms with Crippen molar-refractivity contribution in [1.29, 1.82) is 0 Å². The lowest BCUT2D eigenvalue weighted by atomic mass is 10.5. The monoisotopic (exact) mass is 132 g/mol. The molecule has 2 atom stereocenters. The first-order valence-electron chi connectivity index (χ1n) is 3.10. The lowest BCUT2D eigenvalue weighted by molar-refractivity contribution is 0.0168. The van der Waals surface area contributed by atoms with Crippen LogP contribution < -0.4 is 0 Å². The van der Waals surface area contributed by atoms with Gasteiger partial charge in [-0.3, -0.25) is 0 Å². The molecule has 3 nitrogen and oxygen atoms in total. The average Bonchev–Trinajstić information content (AvgIpc) is 2.48. The van der Waals surface area contributed by atoms with E-state index in [0.717, 1.165) is 0 Å². The molecule has 9 heavy (non-hydrogen) atoms. The summed E-state index contributed by atoms with van der Waals surface area (Å²) in [5.74, 6) is 0. The molecular weight excluding hydrogens is 120 g/mol. The Balaban J connectivity index is 1.83. The van der Waals surface area contributed by atoms with Crippen LogP contribution >= 0.6 is 0 Å². The summed E-state index contributed by atoms with van der Waals surface area (Å²) in [6.45, 7) is 3.26. The quantitative estimate of drug-likeness (QED) is 0.409. The number of hydrogen-bond acceptors (Lipinski definition) is 3. The van der Waals surface area contributed by atoms with Crippen molar-refractivity contribution >= 4 is 0 Å². The van der Waals surface area contributed by atoms with Crippen LogP contribution in [-0.4, -0.2) is 32.7 Å². The van der Waals surface area contributed by atoms with Gasteiger partial charge in [0.2, 0.25) is 0 Å². The number of hydrogen-bond donors (Lipinski definition) is 0. The molecule has 0 bridgehead atoms. The van der Waals surface area contributed by atoms with Crippen LogP contribution in [0.25, 0.3) is 0 Å². The van der Waals surface area contributed by atoms with Crippen LogP contribution in [0, 0.1) is 0 Å². The van der Waals surface area contributed by atoms with E-state index in [0.29, 0.717) is 19.3 Å². The zero-order chi connectivity index (χ0) is 6.69. The molecule has 0 aromatic rings. The van der Waals surface area contributed by atoms with Crippen molar-refractivity contribution in [3.63, 3.8) is 0 Å². The van der Waals surface area contributed by atoms with Gasteiger partial charge >= 0.3 is 0 Å². The van der Waals surface area contributed by atoms with Crippen molar-refractivity contribution in [1.82, 2.24) is 0 Å². The Hall–Kier alpha value is -0.120. The van der Waals surface area contributed by atoms with E-state index in [2.05, 4.69) is 0 Å². The fraction of sp³-hybridized carbons (Fsp3) is 1.00. The van der Waals surface area contributed by atoms with Crippen LogP contribution in [0.1, 0.15) is 6.92 Å². The van der Waals surface area contributed by atoms with Gasteiger partial charge in [0.05, 0.1) is 13.2 Å². The number of methoxy groups -OCH3 is 1. The topological polar surface area (TPSA) is 31.0 Å². The SMILES string of the molecule is COCCOC1OC1C. The molecule has 1 aliphatic heterocycles. The largest absolute Gasteiger partial charge is 0.382 e. The lowest BCUT2D eigenvalue weighted by Crippen LogP contribution is -2.05. The molecular formula is C6H12O3. The van der Waals surface area contributed by atoms with E-state index >= 15 is 0 Å². The molecule has 2 unspecified atom stereocenters. The third-order valence-corrected chi connectivity index (χ3v) is 1.23. The second-order valence-corrected chi connectivity index (χ2v) is 2.07. The highest BCUT2D eigenvalue weighted by Gasteiger charge is 2.34. The first-order valence-corrected chi connectivity index (χ1v) is 3.10. The molecule has 0 spiro atoms. The van der Waals surface area contributed by atoms with E-state index in [9.17, 15) is 0 Å². The predicted octanol–water partition coefficient (Wildman–Crippen LogP) is 0.394. The summed E-state index contributed by atoms with van der Waals surface area (Å²) in [4.78, 5) is 0. The second kappa shape index (κ2) is 3.15. The third kappa shape index (κ3) is 2.30. The molecule has 1 aliphatic rings. The molecule has 3 heteroatoms. The summed E-state index contributed by atoms with van der Waals surface area (Å²) < 4.78 is 14.9. The zero-order valence-electron chi connectivity index (χ0n) is 5.79. The molecule has 0 aromatic heterocycles. The van der Waals surface area contributed by atoms with E-state index in [-0.39, 0.29) is 6.29 Å². The van der Waals surface area contributed by atoms with Gasteiger partial charge in [-0.15, -0.1) is 0 Å². The first kappa shape index (κ1) is 6.99. The van der Waals surface area contributed by atoms with Gasteiger partial charge in [-0.2, -0.15) is 0 Å². The van der Waals surface area contributed by atoms with Gasteiger partial charge in [0, 0.05) is 7.11 Å². The average molecular weight is 132 g/mol. The molecule has 1 heterocycles. The predicted molar refractivity (Wildman–Crippen MR) is 32.2 cm³/mol. The van der Waals surface area contributed by atoms with Crippen molar-refractivity contribution in [2.24, 2.45) is 0 Å². The summed E-state index contributed by atoms with van der Waals surface area (Å²) >= 11 is 0. The van der Waals surface area contributed by atoms with Gasteiger partial charge < -0.3 is 14.2 Å². The van der Waals surface area contributed by atoms with E-state index in [1.807, 2.05) is 6.92 Å². The Morgan fingerprint density at radius 3 is 2.56 bits per heavy atom. The third-order valence-electron chi connectivity index (χ3n) is 1.23. The highest BCUT2D eigenvalue weighted by Crippen LogP contribution is 2.21. The van der Waals surface area contributed by atoms with E-state index in [1.54, 1.807) is 7.11 Å². The van der Waals surface area contributed by atoms with Crippen molar-refractivity contribution in [3.05, 3.63) is 0 Å². The smallest absolute Gasteiger partial charge is 0.184 e. The van der Waals surface area contributed by atoms with Gasteiger partial charge in [0.25, 0.3) is 0 Å². The van der Waals surface area contributed by atoms with E-state index < -0.39 is 0 Å². The Kier molecular flexibility index (Phi) is 2.45. The van der Waals surface area contributed by atoms with Gasteiger partial charge in [-0.1, -0.05) is 0 Å². The molecule has 1 rings (SSSR count). The summed E-state index contributed by atoms with van der Waals surface area (Å²) in [6.07, 6.45) is 0.335. The molecule has 1 fully saturated rings. The molecule has 0 saturated carbocycles. The van der Waals surface area contributed by atoms with Crippen LogP contribution in [0.5, 0.6) is 0 Å². The maximum atomic E-state index is 5.16. The second-order valence-electron chi connectivity index (χ2n) is 2.07. The van der Waals surface area contributed by atoms with Crippen molar-refractivity contribution < 1.29 is 14.2 Å². The molecule has 0 aliphatic carbocycles. The molecule has 54 valence electrons. The fourth-order valence-electron chi connectivity index (χ4n) is 0.589. The van der Waals surface area contributed by atoms with Crippen molar-refractivity contribution in [3.8, 4) is 0 Å². The van der Waals surface area contributed by atoms with E-state index in [4.69, 9.17) is 14.2 Å². The standard InChI is InChI=1S/C6H12O3/c1-5-6(9-5)8-4-3-7-2/h5-6H,3-4H2,1-2H3. The summed E-state index contributed by atoms with van der Waals surface area (Å²) in [6, 6.07) is 0. The van der Waals surface area contributed by atoms with Crippen molar-refractivity contribution in [2.75, 3.05) is 20.3 Å². The molecule has 1 saturated heterocycles. The van der Waals surface area contributed by atoms with Gasteiger partial charge in [-0.25, -0.2) is 0 Å². The Morgan fingerprint density at radius 1 is 1.44 bits per heavy atom. The van der Waals surface area contributed by atoms with Gasteiger partial charge in [-0.05, 0) is 6.92 Å². The van der Waals surface area contributed by atoms with Gasteiger partial charge in [0.1, 0.15) is 6.10 Å². The maximum Gasteiger partial charge on any atom is 0.184 e. The van der Waals surface area contributed by atoms with E-state index in [1.165, 1.54) is 0 Å². The first-order chi connectivity index (χ1) is 4.34. The van der Waals surface area contributed by atoms with Gasteiger partial charge in [0.15, 0.2) is 6.29 Å². The molecule has 0 aromatic carbocycles. The van der Waals surface area contributed by atoms with Crippen molar-refractivity contribution in [2.45, 2.75) is 19.3 Å². The molecule has 0 N–H and O–H groups in total. The highest BCUT2D eigenvalue weighted by atomic mass is 16.8. The van der Waals surface area contributed by atoms with Crippen LogP contribution in [0.3, 0.4) is 0 Å². The Morgan fingerprint density at radius 2 is 2.11 bits per heavy atom. The van der Waals surface area contributed by atoms with Crippen LogP contribution in [0.4, 0.5) is 0 Å².